The lowest BCUT2D eigenvalue weighted by Crippen LogP contribution is -2.29. The summed E-state index contributed by atoms with van der Waals surface area (Å²) in [4.78, 5) is 17.8. The van der Waals surface area contributed by atoms with Crippen molar-refractivity contribution in [1.29, 1.82) is 0 Å². The molecule has 0 bridgehead atoms. The van der Waals surface area contributed by atoms with Crippen LogP contribution in [0.1, 0.15) is 53.5 Å². The fourth-order valence-corrected chi connectivity index (χ4v) is 6.20. The number of aromatic amines is 1. The maximum absolute atomic E-state index is 12.6. The number of allylic oxidation sites excluding steroid dienone is 5. The highest BCUT2D eigenvalue weighted by molar-refractivity contribution is 6.35. The lowest BCUT2D eigenvalue weighted by Gasteiger charge is -2.40. The van der Waals surface area contributed by atoms with Gasteiger partial charge in [-0.1, -0.05) is 90.8 Å². The van der Waals surface area contributed by atoms with E-state index in [0.717, 1.165) is 39.8 Å². The van der Waals surface area contributed by atoms with Crippen molar-refractivity contribution >= 4 is 62.9 Å². The van der Waals surface area contributed by atoms with Crippen LogP contribution in [0, 0.1) is 5.92 Å². The van der Waals surface area contributed by atoms with Crippen LogP contribution >= 0.6 is 34.8 Å². The van der Waals surface area contributed by atoms with E-state index in [2.05, 4.69) is 41.6 Å². The van der Waals surface area contributed by atoms with Crippen LogP contribution in [0.5, 0.6) is 0 Å². The molecule has 0 amide bonds. The largest absolute Gasteiger partial charge is 0.477 e. The van der Waals surface area contributed by atoms with Gasteiger partial charge in [-0.15, -0.1) is 0 Å². The van der Waals surface area contributed by atoms with Crippen molar-refractivity contribution in [2.24, 2.45) is 5.92 Å². The topological polar surface area (TPSA) is 56.3 Å². The number of aromatic nitrogens is 1. The molecule has 3 heterocycles. The molecule has 2 N–H and O–H groups in total. The third-order valence-corrected chi connectivity index (χ3v) is 7.53. The molecule has 5 rings (SSSR count). The van der Waals surface area contributed by atoms with Gasteiger partial charge in [-0.3, -0.25) is 0 Å². The zero-order valence-electron chi connectivity index (χ0n) is 20.4. The summed E-state index contributed by atoms with van der Waals surface area (Å²) in [6.45, 7) is 8.00. The number of benzene rings is 2. The van der Waals surface area contributed by atoms with Crippen molar-refractivity contribution in [3.05, 3.63) is 117 Å². The molecule has 0 radical (unpaired) electrons. The molecule has 3 aromatic rings. The Kier molecular flexibility index (Phi) is 6.84. The number of nitrogens with zero attached hydrogens (tertiary/aromatic N) is 1. The highest BCUT2D eigenvalue weighted by Crippen LogP contribution is 2.53. The van der Waals surface area contributed by atoms with E-state index in [9.17, 15) is 9.90 Å². The molecule has 2 aliphatic heterocycles. The van der Waals surface area contributed by atoms with E-state index < -0.39 is 12.0 Å². The SMILES string of the molecule is C=CC(=C(Cl)C=C(C)Cl)C1c2cc(Cl)cc3[nH]c(C(=O)O)c(c23)C2=C(c3ccccc3)C(C)CC=CN21. The highest BCUT2D eigenvalue weighted by Gasteiger charge is 2.40. The Hall–Kier alpha value is -3.18. The van der Waals surface area contributed by atoms with Crippen molar-refractivity contribution in [3.63, 3.8) is 0 Å². The van der Waals surface area contributed by atoms with Gasteiger partial charge in [-0.2, -0.15) is 0 Å². The molecule has 37 heavy (non-hydrogen) atoms. The van der Waals surface area contributed by atoms with Crippen LogP contribution in [0.4, 0.5) is 0 Å². The summed E-state index contributed by atoms with van der Waals surface area (Å²) in [6.07, 6.45) is 8.35. The van der Waals surface area contributed by atoms with E-state index in [4.69, 9.17) is 34.8 Å². The van der Waals surface area contributed by atoms with Gasteiger partial charge in [0.05, 0.1) is 11.7 Å². The highest BCUT2D eigenvalue weighted by atomic mass is 35.5. The number of aromatic carboxylic acids is 1. The molecule has 188 valence electrons. The number of hydrogen-bond acceptors (Lipinski definition) is 2. The average Bonchev–Trinajstić information content (AvgIpc) is 3.14. The summed E-state index contributed by atoms with van der Waals surface area (Å²) in [7, 11) is 0. The van der Waals surface area contributed by atoms with E-state index in [0.29, 0.717) is 26.2 Å². The molecule has 2 aliphatic rings. The molecule has 7 heteroatoms. The molecule has 0 fully saturated rings. The van der Waals surface area contributed by atoms with Crippen molar-refractivity contribution < 1.29 is 9.90 Å². The Morgan fingerprint density at radius 3 is 2.59 bits per heavy atom. The summed E-state index contributed by atoms with van der Waals surface area (Å²) < 4.78 is 0. The number of fused-ring (bicyclic) bond motifs is 2. The number of carbonyl (C=O) groups is 1. The van der Waals surface area contributed by atoms with Gasteiger partial charge >= 0.3 is 5.97 Å². The molecule has 0 aliphatic carbocycles. The molecule has 2 aromatic carbocycles. The normalized spacial score (nSPS) is 20.0. The summed E-state index contributed by atoms with van der Waals surface area (Å²) in [5.74, 6) is -0.915. The molecule has 1 aromatic heterocycles. The van der Waals surface area contributed by atoms with Gasteiger partial charge < -0.3 is 15.0 Å². The van der Waals surface area contributed by atoms with Gasteiger partial charge in [0.1, 0.15) is 5.69 Å². The minimum Gasteiger partial charge on any atom is -0.477 e. The first-order chi connectivity index (χ1) is 17.7. The van der Waals surface area contributed by atoms with Crippen molar-refractivity contribution in [2.45, 2.75) is 26.3 Å². The maximum atomic E-state index is 12.6. The molecule has 4 nitrogen and oxygen atoms in total. The van der Waals surface area contributed by atoms with E-state index in [1.54, 1.807) is 25.1 Å². The van der Waals surface area contributed by atoms with Crippen LogP contribution in [0.25, 0.3) is 22.2 Å². The second kappa shape index (κ2) is 9.94. The van der Waals surface area contributed by atoms with E-state index in [1.807, 2.05) is 30.5 Å². The van der Waals surface area contributed by atoms with Gasteiger partial charge in [0, 0.05) is 37.8 Å². The maximum Gasteiger partial charge on any atom is 0.353 e. The Bertz CT molecular complexity index is 1560. The quantitative estimate of drug-likeness (QED) is 0.311. The Labute approximate surface area is 230 Å². The molecular weight excluding hydrogens is 527 g/mol. The average molecular weight is 552 g/mol. The van der Waals surface area contributed by atoms with Gasteiger partial charge in [0.25, 0.3) is 0 Å². The van der Waals surface area contributed by atoms with Gasteiger partial charge in [0.15, 0.2) is 0 Å². The third-order valence-electron chi connectivity index (χ3n) is 6.88. The van der Waals surface area contributed by atoms with Gasteiger partial charge in [-0.25, -0.2) is 4.79 Å². The predicted octanol–water partition coefficient (Wildman–Crippen LogP) is 9.12. The van der Waals surface area contributed by atoms with Crippen molar-refractivity contribution in [2.75, 3.05) is 0 Å². The molecule has 0 spiro atoms. The molecule has 2 atom stereocenters. The lowest BCUT2D eigenvalue weighted by atomic mass is 9.82. The second-order valence-electron chi connectivity index (χ2n) is 9.30. The third kappa shape index (κ3) is 4.33. The number of nitrogens with one attached hydrogen (secondary N) is 1. The van der Waals surface area contributed by atoms with Crippen LogP contribution in [-0.4, -0.2) is 21.0 Å². The van der Waals surface area contributed by atoms with Crippen molar-refractivity contribution in [3.8, 4) is 0 Å². The monoisotopic (exact) mass is 550 g/mol. The smallest absolute Gasteiger partial charge is 0.353 e. The summed E-state index contributed by atoms with van der Waals surface area (Å²) in [6, 6.07) is 13.3. The molecular formula is C30H25Cl3N2O2. The van der Waals surface area contributed by atoms with Gasteiger partial charge in [0.2, 0.25) is 0 Å². The second-order valence-corrected chi connectivity index (χ2v) is 10.7. The summed E-state index contributed by atoms with van der Waals surface area (Å²) in [5, 5.41) is 12.6. The number of carboxylic acids is 1. The Morgan fingerprint density at radius 1 is 1.22 bits per heavy atom. The standard InChI is InChI=1S/C30H25Cl3N2O2/c1-4-20(22(33)13-17(3)31)28-21-14-19(32)15-23-25(21)26(27(34-23)30(36)37)29-24(18-10-6-5-7-11-18)16(2)9-8-12-35(28)29/h4-8,10-16,28,34H,1,9H2,2-3H3,(H,36,37). The number of rotatable bonds is 5. The van der Waals surface area contributed by atoms with E-state index >= 15 is 0 Å². The zero-order chi connectivity index (χ0) is 26.4. The fourth-order valence-electron chi connectivity index (χ4n) is 5.47. The van der Waals surface area contributed by atoms with E-state index in [1.165, 1.54) is 0 Å². The number of halogens is 3. The van der Waals surface area contributed by atoms with Gasteiger partial charge in [-0.05, 0) is 59.7 Å². The van der Waals surface area contributed by atoms with Crippen molar-refractivity contribution in [1.82, 2.24) is 9.88 Å². The first-order valence-corrected chi connectivity index (χ1v) is 13.1. The Morgan fingerprint density at radius 2 is 1.95 bits per heavy atom. The zero-order valence-corrected chi connectivity index (χ0v) is 22.6. The Balaban J connectivity index is 2.01. The van der Waals surface area contributed by atoms with E-state index in [-0.39, 0.29) is 11.6 Å². The lowest BCUT2D eigenvalue weighted by molar-refractivity contribution is 0.0691. The predicted molar refractivity (Wildman–Crippen MR) is 154 cm³/mol. The first-order valence-electron chi connectivity index (χ1n) is 11.9. The molecule has 2 unspecified atom stereocenters. The summed E-state index contributed by atoms with van der Waals surface area (Å²) in [5.41, 5.74) is 5.92. The number of hydrogen-bond donors (Lipinski definition) is 2. The van der Waals surface area contributed by atoms with Crippen LogP contribution in [0.3, 0.4) is 0 Å². The number of H-pyrrole nitrogens is 1. The minimum absolute atomic E-state index is 0.122. The number of carboxylic acid groups (broad SMARTS) is 1. The van der Waals surface area contributed by atoms with Crippen LogP contribution < -0.4 is 0 Å². The van der Waals surface area contributed by atoms with Crippen LogP contribution in [0.2, 0.25) is 5.02 Å². The minimum atomic E-state index is -1.04. The first kappa shape index (κ1) is 25.5. The fraction of sp³-hybridized carbons (Fsp3) is 0.167. The van der Waals surface area contributed by atoms with Crippen LogP contribution in [-0.2, 0) is 0 Å². The molecule has 0 saturated carbocycles. The summed E-state index contributed by atoms with van der Waals surface area (Å²) >= 11 is 19.6. The van der Waals surface area contributed by atoms with Crippen LogP contribution in [0.15, 0.2) is 89.1 Å². The molecule has 0 saturated heterocycles.